The standard InChI is InChI=1S/C23H26N2O2/c1-15(2)19-7-4-17(5-8-19)10-11-24-22(26)14-18-6-9-21-20(13-18)12-16(3)23(27)25-21/h4-9,12-13,15H,10-11,14H2,1-3H3,(H,24,26)(H,25,27). The smallest absolute Gasteiger partial charge is 0.251 e. The molecule has 3 aromatic rings. The predicted octanol–water partition coefficient (Wildman–Crippen LogP) is 3.86. The summed E-state index contributed by atoms with van der Waals surface area (Å²) in [5, 5.41) is 3.94. The molecular formula is C23H26N2O2. The molecule has 0 fully saturated rings. The minimum atomic E-state index is -0.0746. The number of hydrogen-bond acceptors (Lipinski definition) is 2. The van der Waals surface area contributed by atoms with Crippen LogP contribution in [0, 0.1) is 6.92 Å². The monoisotopic (exact) mass is 362 g/mol. The van der Waals surface area contributed by atoms with E-state index >= 15 is 0 Å². The van der Waals surface area contributed by atoms with E-state index in [1.807, 2.05) is 24.3 Å². The van der Waals surface area contributed by atoms with Gasteiger partial charge in [0.15, 0.2) is 0 Å². The lowest BCUT2D eigenvalue weighted by molar-refractivity contribution is -0.120. The average Bonchev–Trinajstić information content (AvgIpc) is 2.63. The van der Waals surface area contributed by atoms with Crippen LogP contribution in [0.2, 0.25) is 0 Å². The molecule has 1 heterocycles. The molecule has 140 valence electrons. The highest BCUT2D eigenvalue weighted by atomic mass is 16.1. The van der Waals surface area contributed by atoms with Crippen LogP contribution in [0.25, 0.3) is 10.9 Å². The summed E-state index contributed by atoms with van der Waals surface area (Å²) in [5.41, 5.74) is 4.88. The van der Waals surface area contributed by atoms with Gasteiger partial charge in [-0.05, 0) is 59.5 Å². The molecule has 2 aromatic carbocycles. The first-order valence-electron chi connectivity index (χ1n) is 9.40. The van der Waals surface area contributed by atoms with Crippen molar-refractivity contribution in [1.82, 2.24) is 10.3 Å². The van der Waals surface area contributed by atoms with E-state index in [1.54, 1.807) is 6.92 Å². The molecule has 1 amide bonds. The van der Waals surface area contributed by atoms with Gasteiger partial charge in [-0.25, -0.2) is 0 Å². The van der Waals surface area contributed by atoms with E-state index < -0.39 is 0 Å². The quantitative estimate of drug-likeness (QED) is 0.699. The fourth-order valence-electron chi connectivity index (χ4n) is 3.14. The molecule has 3 rings (SSSR count). The summed E-state index contributed by atoms with van der Waals surface area (Å²) < 4.78 is 0. The van der Waals surface area contributed by atoms with E-state index in [-0.39, 0.29) is 11.5 Å². The van der Waals surface area contributed by atoms with Crippen molar-refractivity contribution in [2.45, 2.75) is 39.5 Å². The van der Waals surface area contributed by atoms with Crippen LogP contribution in [0.1, 0.15) is 42.0 Å². The maximum atomic E-state index is 12.2. The van der Waals surface area contributed by atoms with Gasteiger partial charge in [0, 0.05) is 17.6 Å². The topological polar surface area (TPSA) is 62.0 Å². The number of fused-ring (bicyclic) bond motifs is 1. The minimum Gasteiger partial charge on any atom is -0.355 e. The summed E-state index contributed by atoms with van der Waals surface area (Å²) in [5.74, 6) is 0.539. The molecule has 1 aromatic heterocycles. The lowest BCUT2D eigenvalue weighted by Crippen LogP contribution is -2.27. The van der Waals surface area contributed by atoms with Crippen molar-refractivity contribution in [1.29, 1.82) is 0 Å². The molecule has 0 unspecified atom stereocenters. The molecule has 0 bridgehead atoms. The number of pyridine rings is 1. The summed E-state index contributed by atoms with van der Waals surface area (Å²) in [6.07, 6.45) is 1.16. The third kappa shape index (κ3) is 4.85. The van der Waals surface area contributed by atoms with Crippen LogP contribution in [0.15, 0.2) is 53.3 Å². The number of carbonyl (C=O) groups excluding carboxylic acids is 1. The lowest BCUT2D eigenvalue weighted by Gasteiger charge is -2.09. The van der Waals surface area contributed by atoms with Crippen molar-refractivity contribution < 1.29 is 4.79 Å². The zero-order valence-electron chi connectivity index (χ0n) is 16.1. The lowest BCUT2D eigenvalue weighted by atomic mass is 10.0. The van der Waals surface area contributed by atoms with Gasteiger partial charge in [-0.2, -0.15) is 0 Å². The Balaban J connectivity index is 1.55. The van der Waals surface area contributed by atoms with Crippen LogP contribution < -0.4 is 10.9 Å². The highest BCUT2D eigenvalue weighted by Gasteiger charge is 2.06. The predicted molar refractivity (Wildman–Crippen MR) is 110 cm³/mol. The van der Waals surface area contributed by atoms with Crippen LogP contribution in [-0.4, -0.2) is 17.4 Å². The molecule has 0 aliphatic heterocycles. The fraction of sp³-hybridized carbons (Fsp3) is 0.304. The number of H-pyrrole nitrogens is 1. The molecule has 0 aliphatic rings. The number of nitrogens with one attached hydrogen (secondary N) is 2. The minimum absolute atomic E-state index is 0.00861. The Bertz CT molecular complexity index is 1000. The Morgan fingerprint density at radius 1 is 1.04 bits per heavy atom. The number of rotatable bonds is 6. The molecule has 0 spiro atoms. The van der Waals surface area contributed by atoms with Crippen molar-refractivity contribution in [3.8, 4) is 0 Å². The van der Waals surface area contributed by atoms with Crippen LogP contribution in [0.5, 0.6) is 0 Å². The van der Waals surface area contributed by atoms with E-state index in [0.29, 0.717) is 24.4 Å². The van der Waals surface area contributed by atoms with Gasteiger partial charge < -0.3 is 10.3 Å². The molecule has 27 heavy (non-hydrogen) atoms. The van der Waals surface area contributed by atoms with Gasteiger partial charge in [0.05, 0.1) is 6.42 Å². The van der Waals surface area contributed by atoms with Crippen LogP contribution in [0.3, 0.4) is 0 Å². The number of hydrogen-bond donors (Lipinski definition) is 2. The zero-order valence-corrected chi connectivity index (χ0v) is 16.1. The zero-order chi connectivity index (χ0) is 19.4. The van der Waals surface area contributed by atoms with E-state index in [0.717, 1.165) is 22.9 Å². The first-order chi connectivity index (χ1) is 12.9. The van der Waals surface area contributed by atoms with Crippen LogP contribution in [-0.2, 0) is 17.6 Å². The molecular weight excluding hydrogens is 336 g/mol. The summed E-state index contributed by atoms with van der Waals surface area (Å²) in [4.78, 5) is 26.7. The second-order valence-electron chi connectivity index (χ2n) is 7.38. The highest BCUT2D eigenvalue weighted by Crippen LogP contribution is 2.15. The maximum absolute atomic E-state index is 12.2. The average molecular weight is 362 g/mol. The van der Waals surface area contributed by atoms with Gasteiger partial charge in [-0.1, -0.05) is 44.2 Å². The number of carbonyl (C=O) groups is 1. The van der Waals surface area contributed by atoms with E-state index in [4.69, 9.17) is 0 Å². The molecule has 0 radical (unpaired) electrons. The fourth-order valence-corrected chi connectivity index (χ4v) is 3.14. The van der Waals surface area contributed by atoms with Crippen LogP contribution in [0.4, 0.5) is 0 Å². The Morgan fingerprint density at radius 2 is 1.74 bits per heavy atom. The van der Waals surface area contributed by atoms with Gasteiger partial charge >= 0.3 is 0 Å². The molecule has 2 N–H and O–H groups in total. The van der Waals surface area contributed by atoms with E-state index in [1.165, 1.54) is 11.1 Å². The largest absolute Gasteiger partial charge is 0.355 e. The molecule has 4 heteroatoms. The molecule has 4 nitrogen and oxygen atoms in total. The normalized spacial score (nSPS) is 11.1. The van der Waals surface area contributed by atoms with Gasteiger partial charge in [0.25, 0.3) is 5.56 Å². The van der Waals surface area contributed by atoms with Gasteiger partial charge in [-0.15, -0.1) is 0 Å². The van der Waals surface area contributed by atoms with Crippen molar-refractivity contribution in [2.24, 2.45) is 0 Å². The molecule has 0 atom stereocenters. The van der Waals surface area contributed by atoms with Gasteiger partial charge in [-0.3, -0.25) is 9.59 Å². The van der Waals surface area contributed by atoms with E-state index in [9.17, 15) is 9.59 Å². The third-order valence-electron chi connectivity index (χ3n) is 4.84. The highest BCUT2D eigenvalue weighted by molar-refractivity contribution is 5.83. The molecule has 0 aliphatic carbocycles. The number of aromatic amines is 1. The Kier molecular flexibility index (Phi) is 5.75. The second kappa shape index (κ2) is 8.21. The van der Waals surface area contributed by atoms with Crippen molar-refractivity contribution in [3.63, 3.8) is 0 Å². The summed E-state index contributed by atoms with van der Waals surface area (Å²) in [6.45, 7) is 6.77. The Hall–Kier alpha value is -2.88. The number of aryl methyl sites for hydroxylation is 1. The van der Waals surface area contributed by atoms with E-state index in [2.05, 4.69) is 48.4 Å². The van der Waals surface area contributed by atoms with Crippen LogP contribution >= 0.6 is 0 Å². The number of benzene rings is 2. The first kappa shape index (κ1) is 18.9. The Morgan fingerprint density at radius 3 is 2.44 bits per heavy atom. The summed E-state index contributed by atoms with van der Waals surface area (Å²) in [6, 6.07) is 16.1. The maximum Gasteiger partial charge on any atom is 0.251 e. The number of aromatic nitrogens is 1. The van der Waals surface area contributed by atoms with Gasteiger partial charge in [0.1, 0.15) is 0 Å². The summed E-state index contributed by atoms with van der Waals surface area (Å²) >= 11 is 0. The Labute approximate surface area is 159 Å². The first-order valence-corrected chi connectivity index (χ1v) is 9.40. The second-order valence-corrected chi connectivity index (χ2v) is 7.38. The molecule has 0 saturated carbocycles. The number of amides is 1. The van der Waals surface area contributed by atoms with Gasteiger partial charge in [0.2, 0.25) is 5.91 Å². The third-order valence-corrected chi connectivity index (χ3v) is 4.84. The summed E-state index contributed by atoms with van der Waals surface area (Å²) in [7, 11) is 0. The molecule has 0 saturated heterocycles. The van der Waals surface area contributed by atoms with Crippen molar-refractivity contribution in [3.05, 3.63) is 81.1 Å². The van der Waals surface area contributed by atoms with Crippen molar-refractivity contribution >= 4 is 16.8 Å². The SMILES string of the molecule is Cc1cc2cc(CC(=O)NCCc3ccc(C(C)C)cc3)ccc2[nH]c1=O. The van der Waals surface area contributed by atoms with Crippen molar-refractivity contribution in [2.75, 3.05) is 6.54 Å².